The standard InChI is InChI=1S/C54H57N/c1-52(2,3)46-16-10-13-43(37-46)22-19-40-25-31-49(32-26-40)55(50-33-27-41(28-34-50)20-23-44-14-11-17-47(38-44)53(4,5)6)51-35-29-42(30-36-51)21-24-45-15-12-18-48(39-45)54(7,8)9/h10-39H,1-9H3/b22-19+,23-20+,24-21+. The van der Waals surface area contributed by atoms with E-state index in [4.69, 9.17) is 0 Å². The van der Waals surface area contributed by atoms with Crippen molar-refractivity contribution >= 4 is 53.5 Å². The van der Waals surface area contributed by atoms with Gasteiger partial charge in [0.2, 0.25) is 0 Å². The molecule has 0 aliphatic rings. The second-order valence-corrected chi connectivity index (χ2v) is 17.7. The van der Waals surface area contributed by atoms with E-state index in [-0.39, 0.29) is 16.2 Å². The lowest BCUT2D eigenvalue weighted by Crippen LogP contribution is -2.10. The number of anilines is 3. The van der Waals surface area contributed by atoms with Crippen molar-refractivity contribution in [3.63, 3.8) is 0 Å². The molecule has 1 heteroatoms. The molecule has 0 aliphatic carbocycles. The second kappa shape index (κ2) is 16.4. The van der Waals surface area contributed by atoms with E-state index >= 15 is 0 Å². The second-order valence-electron chi connectivity index (χ2n) is 17.7. The maximum absolute atomic E-state index is 2.33. The molecule has 0 aromatic heterocycles. The molecule has 0 aliphatic heterocycles. The topological polar surface area (TPSA) is 3.24 Å². The van der Waals surface area contributed by atoms with Crippen molar-refractivity contribution in [3.05, 3.63) is 196 Å². The van der Waals surface area contributed by atoms with Gasteiger partial charge in [0.1, 0.15) is 0 Å². The fourth-order valence-corrected chi connectivity index (χ4v) is 6.55. The summed E-state index contributed by atoms with van der Waals surface area (Å²) in [7, 11) is 0. The highest BCUT2D eigenvalue weighted by molar-refractivity contribution is 5.80. The SMILES string of the molecule is CC(C)(C)c1cccc(/C=C/c2ccc(N(c3ccc(/C=C/c4cccc(C(C)(C)C)c4)cc3)c3ccc(/C=C/c4cccc(C(C)(C)C)c4)cc3)cc2)c1. The Morgan fingerprint density at radius 2 is 0.527 bits per heavy atom. The molecule has 0 saturated carbocycles. The van der Waals surface area contributed by atoms with Gasteiger partial charge in [-0.05, 0) is 103 Å². The van der Waals surface area contributed by atoms with Crippen molar-refractivity contribution in [3.8, 4) is 0 Å². The molecular formula is C54H57N. The van der Waals surface area contributed by atoms with Crippen molar-refractivity contribution in [2.45, 2.75) is 78.6 Å². The van der Waals surface area contributed by atoms with Gasteiger partial charge in [0.25, 0.3) is 0 Å². The van der Waals surface area contributed by atoms with Crippen LogP contribution in [0.25, 0.3) is 36.5 Å². The summed E-state index contributed by atoms with van der Waals surface area (Å²) >= 11 is 0. The first-order chi connectivity index (χ1) is 26.1. The van der Waals surface area contributed by atoms with Gasteiger partial charge < -0.3 is 4.90 Å². The Hall–Kier alpha value is -5.66. The summed E-state index contributed by atoms with van der Waals surface area (Å²) in [6.45, 7) is 20.3. The maximum Gasteiger partial charge on any atom is 0.0462 e. The first-order valence-corrected chi connectivity index (χ1v) is 19.6. The Labute approximate surface area is 331 Å². The van der Waals surface area contributed by atoms with E-state index in [1.165, 1.54) is 33.4 Å². The number of rotatable bonds is 9. The van der Waals surface area contributed by atoms with Crippen LogP contribution >= 0.6 is 0 Å². The highest BCUT2D eigenvalue weighted by Gasteiger charge is 2.16. The number of hydrogen-bond acceptors (Lipinski definition) is 1. The van der Waals surface area contributed by atoms with E-state index in [2.05, 4.69) is 249 Å². The molecule has 0 unspecified atom stereocenters. The zero-order chi connectivity index (χ0) is 39.2. The van der Waals surface area contributed by atoms with Gasteiger partial charge in [-0.25, -0.2) is 0 Å². The average Bonchev–Trinajstić information content (AvgIpc) is 3.16. The van der Waals surface area contributed by atoms with E-state index in [1.54, 1.807) is 0 Å². The third kappa shape index (κ3) is 10.5. The van der Waals surface area contributed by atoms with Crippen LogP contribution in [-0.4, -0.2) is 0 Å². The fraction of sp³-hybridized carbons (Fsp3) is 0.222. The van der Waals surface area contributed by atoms with Crippen LogP contribution in [-0.2, 0) is 16.2 Å². The molecule has 0 N–H and O–H groups in total. The highest BCUT2D eigenvalue weighted by atomic mass is 15.1. The summed E-state index contributed by atoms with van der Waals surface area (Å²) in [5.41, 5.74) is 14.8. The van der Waals surface area contributed by atoms with Gasteiger partial charge in [-0.1, -0.05) is 208 Å². The largest absolute Gasteiger partial charge is 0.311 e. The van der Waals surface area contributed by atoms with Crippen LogP contribution in [0.5, 0.6) is 0 Å². The zero-order valence-electron chi connectivity index (χ0n) is 34.3. The van der Waals surface area contributed by atoms with E-state index in [9.17, 15) is 0 Å². The summed E-state index contributed by atoms with van der Waals surface area (Å²) in [5.74, 6) is 0. The van der Waals surface area contributed by atoms with Crippen molar-refractivity contribution in [2.24, 2.45) is 0 Å². The van der Waals surface area contributed by atoms with Gasteiger partial charge in [-0.3, -0.25) is 0 Å². The molecular weight excluding hydrogens is 663 g/mol. The molecule has 0 spiro atoms. The molecule has 1 nitrogen and oxygen atoms in total. The molecule has 0 heterocycles. The summed E-state index contributed by atoms with van der Waals surface area (Å²) in [4.78, 5) is 2.33. The monoisotopic (exact) mass is 719 g/mol. The van der Waals surface area contributed by atoms with E-state index in [0.717, 1.165) is 33.8 Å². The van der Waals surface area contributed by atoms with Crippen molar-refractivity contribution in [2.75, 3.05) is 4.90 Å². The first-order valence-electron chi connectivity index (χ1n) is 19.6. The molecule has 6 rings (SSSR count). The smallest absolute Gasteiger partial charge is 0.0462 e. The van der Waals surface area contributed by atoms with E-state index < -0.39 is 0 Å². The lowest BCUT2D eigenvalue weighted by atomic mass is 9.86. The van der Waals surface area contributed by atoms with Gasteiger partial charge in [-0.2, -0.15) is 0 Å². The summed E-state index contributed by atoms with van der Waals surface area (Å²) < 4.78 is 0. The first kappa shape index (κ1) is 39.0. The Kier molecular flexibility index (Phi) is 11.6. The molecule has 55 heavy (non-hydrogen) atoms. The average molecular weight is 720 g/mol. The lowest BCUT2D eigenvalue weighted by molar-refractivity contribution is 0.590. The normalized spacial score (nSPS) is 12.6. The molecule has 0 amide bonds. The number of benzene rings is 6. The molecule has 0 saturated heterocycles. The van der Waals surface area contributed by atoms with E-state index in [0.29, 0.717) is 0 Å². The van der Waals surface area contributed by atoms with Crippen molar-refractivity contribution in [1.82, 2.24) is 0 Å². The molecule has 0 atom stereocenters. The van der Waals surface area contributed by atoms with Gasteiger partial charge in [-0.15, -0.1) is 0 Å². The Morgan fingerprint density at radius 3 is 0.764 bits per heavy atom. The predicted molar refractivity (Wildman–Crippen MR) is 243 cm³/mol. The minimum Gasteiger partial charge on any atom is -0.311 e. The van der Waals surface area contributed by atoms with Crippen LogP contribution in [0.15, 0.2) is 146 Å². The molecule has 6 aromatic rings. The number of hydrogen-bond donors (Lipinski definition) is 0. The fourth-order valence-electron chi connectivity index (χ4n) is 6.55. The molecule has 278 valence electrons. The van der Waals surface area contributed by atoms with Gasteiger partial charge in [0.15, 0.2) is 0 Å². The summed E-state index contributed by atoms with van der Waals surface area (Å²) in [5, 5.41) is 0. The van der Waals surface area contributed by atoms with Crippen LogP contribution in [0.2, 0.25) is 0 Å². The lowest BCUT2D eigenvalue weighted by Gasteiger charge is -2.26. The van der Waals surface area contributed by atoms with Gasteiger partial charge >= 0.3 is 0 Å². The van der Waals surface area contributed by atoms with Crippen LogP contribution in [0.3, 0.4) is 0 Å². The van der Waals surface area contributed by atoms with Gasteiger partial charge in [0.05, 0.1) is 0 Å². The van der Waals surface area contributed by atoms with Crippen molar-refractivity contribution < 1.29 is 0 Å². The predicted octanol–water partition coefficient (Wildman–Crippen LogP) is 15.6. The van der Waals surface area contributed by atoms with Gasteiger partial charge in [0, 0.05) is 17.1 Å². The minimum atomic E-state index is 0.119. The Balaban J connectivity index is 1.27. The quantitative estimate of drug-likeness (QED) is 0.135. The summed E-state index contributed by atoms with van der Waals surface area (Å²) in [6, 6.07) is 53.0. The Bertz CT molecular complexity index is 2010. The summed E-state index contributed by atoms with van der Waals surface area (Å²) in [6.07, 6.45) is 13.2. The highest BCUT2D eigenvalue weighted by Crippen LogP contribution is 2.36. The van der Waals surface area contributed by atoms with Crippen LogP contribution in [0, 0.1) is 0 Å². The molecule has 6 aromatic carbocycles. The van der Waals surface area contributed by atoms with E-state index in [1.807, 2.05) is 0 Å². The van der Waals surface area contributed by atoms with Crippen molar-refractivity contribution in [1.29, 1.82) is 0 Å². The zero-order valence-corrected chi connectivity index (χ0v) is 34.3. The molecule has 0 fully saturated rings. The van der Waals surface area contributed by atoms with Crippen LogP contribution in [0.4, 0.5) is 17.1 Å². The Morgan fingerprint density at radius 1 is 0.291 bits per heavy atom. The van der Waals surface area contributed by atoms with Crippen LogP contribution in [0.1, 0.15) is 112 Å². The maximum atomic E-state index is 2.33. The van der Waals surface area contributed by atoms with Crippen LogP contribution < -0.4 is 4.90 Å². The molecule has 0 radical (unpaired) electrons. The third-order valence-electron chi connectivity index (χ3n) is 10.1. The number of nitrogens with zero attached hydrogens (tertiary/aromatic N) is 1. The third-order valence-corrected chi connectivity index (χ3v) is 10.1. The molecule has 0 bridgehead atoms. The minimum absolute atomic E-state index is 0.119.